The molecule has 1 aliphatic rings. The van der Waals surface area contributed by atoms with Crippen molar-refractivity contribution in [3.05, 3.63) is 65.7 Å². The van der Waals surface area contributed by atoms with Crippen LogP contribution in [0.15, 0.2) is 53.3 Å². The molecule has 3 aromatic rings. The van der Waals surface area contributed by atoms with E-state index in [1.165, 1.54) is 12.5 Å². The van der Waals surface area contributed by atoms with Gasteiger partial charge in [-0.25, -0.2) is 4.98 Å². The highest BCUT2D eigenvalue weighted by molar-refractivity contribution is 5.94. The van der Waals surface area contributed by atoms with Crippen LogP contribution in [0.2, 0.25) is 0 Å². The highest BCUT2D eigenvalue weighted by Gasteiger charge is 2.31. The zero-order valence-corrected chi connectivity index (χ0v) is 19.4. The van der Waals surface area contributed by atoms with Crippen LogP contribution in [0.5, 0.6) is 5.75 Å². The summed E-state index contributed by atoms with van der Waals surface area (Å²) < 4.78 is 10.7. The number of hydrogen-bond donors (Lipinski definition) is 0. The second kappa shape index (κ2) is 9.37. The minimum atomic E-state index is -0.0492. The quantitative estimate of drug-likeness (QED) is 0.567. The van der Waals surface area contributed by atoms with Gasteiger partial charge in [0.25, 0.3) is 5.91 Å². The lowest BCUT2D eigenvalue weighted by Crippen LogP contribution is -2.54. The molecular weight excluding hydrogens is 416 g/mol. The molecule has 1 atom stereocenters. The summed E-state index contributed by atoms with van der Waals surface area (Å²) in [6.07, 6.45) is 2.98. The number of piperazine rings is 1. The Hall–Kier alpha value is -3.79. The lowest BCUT2D eigenvalue weighted by atomic mass is 9.96. The summed E-state index contributed by atoms with van der Waals surface area (Å²) in [4.78, 5) is 21.7. The summed E-state index contributed by atoms with van der Waals surface area (Å²) >= 11 is 0. The first-order chi connectivity index (χ1) is 15.9. The maximum Gasteiger partial charge on any atom is 0.257 e. The van der Waals surface area contributed by atoms with E-state index in [9.17, 15) is 10.1 Å². The van der Waals surface area contributed by atoms with Gasteiger partial charge in [0.2, 0.25) is 0 Å². The number of ether oxygens (including phenoxy) is 1. The Bertz CT molecular complexity index is 1180. The number of anilines is 1. The molecule has 1 fully saturated rings. The molecule has 7 nitrogen and oxygen atoms in total. The third-order valence-electron chi connectivity index (χ3n) is 6.08. The molecule has 1 amide bonds. The van der Waals surface area contributed by atoms with Crippen molar-refractivity contribution in [2.24, 2.45) is 0 Å². The Morgan fingerprint density at radius 2 is 2.03 bits per heavy atom. The summed E-state index contributed by atoms with van der Waals surface area (Å²) in [5.74, 6) is 1.51. The van der Waals surface area contributed by atoms with Gasteiger partial charge in [-0.05, 0) is 31.0 Å². The van der Waals surface area contributed by atoms with Crippen molar-refractivity contribution in [1.82, 2.24) is 9.88 Å². The van der Waals surface area contributed by atoms with Gasteiger partial charge in [-0.1, -0.05) is 32.0 Å². The molecule has 33 heavy (non-hydrogen) atoms. The number of nitriles is 1. The number of aromatic nitrogens is 1. The molecule has 0 radical (unpaired) electrons. The van der Waals surface area contributed by atoms with Crippen molar-refractivity contribution in [2.75, 3.05) is 31.6 Å². The van der Waals surface area contributed by atoms with Crippen LogP contribution >= 0.6 is 0 Å². The summed E-state index contributed by atoms with van der Waals surface area (Å²) in [6.45, 7) is 7.90. The van der Waals surface area contributed by atoms with E-state index in [1.807, 2.05) is 42.2 Å². The zero-order valence-electron chi connectivity index (χ0n) is 19.4. The van der Waals surface area contributed by atoms with Crippen molar-refractivity contribution >= 4 is 11.7 Å². The Balaban J connectivity index is 1.73. The summed E-state index contributed by atoms with van der Waals surface area (Å²) in [6, 6.07) is 13.7. The number of para-hydroxylation sites is 1. The molecule has 0 bridgehead atoms. The Morgan fingerprint density at radius 1 is 1.24 bits per heavy atom. The van der Waals surface area contributed by atoms with Gasteiger partial charge in [0.1, 0.15) is 29.5 Å². The van der Waals surface area contributed by atoms with Crippen LogP contribution in [-0.2, 0) is 0 Å². The molecule has 170 valence electrons. The molecule has 2 aromatic heterocycles. The minimum absolute atomic E-state index is 0.0463. The molecule has 3 heterocycles. The first-order valence-electron chi connectivity index (χ1n) is 11.1. The van der Waals surface area contributed by atoms with Crippen LogP contribution in [-0.4, -0.2) is 48.6 Å². The number of rotatable bonds is 5. The van der Waals surface area contributed by atoms with E-state index in [0.29, 0.717) is 42.3 Å². The first kappa shape index (κ1) is 22.4. The number of methoxy groups -OCH3 is 1. The fourth-order valence-electron chi connectivity index (χ4n) is 4.27. The molecule has 1 saturated heterocycles. The largest absolute Gasteiger partial charge is 0.496 e. The summed E-state index contributed by atoms with van der Waals surface area (Å²) in [5.41, 5.74) is 3.66. The van der Waals surface area contributed by atoms with E-state index in [1.54, 1.807) is 13.2 Å². The average molecular weight is 445 g/mol. The van der Waals surface area contributed by atoms with Crippen molar-refractivity contribution < 1.29 is 13.9 Å². The van der Waals surface area contributed by atoms with Crippen LogP contribution in [0, 0.1) is 11.3 Å². The fourth-order valence-corrected chi connectivity index (χ4v) is 4.27. The number of nitrogens with zero attached hydrogens (tertiary/aromatic N) is 4. The van der Waals surface area contributed by atoms with E-state index >= 15 is 0 Å². The number of pyridine rings is 1. The standard InChI is InChI=1S/C26H28N4O3/c1-17(2)23-13-21(20-7-5-6-8-24(20)32-4)22(14-27)25(28-23)29-10-11-30(18(3)15-29)26(31)19-9-12-33-16-19/h5-9,12-13,16-18H,10-11,15H2,1-4H3/t18-/m1/s1. The summed E-state index contributed by atoms with van der Waals surface area (Å²) in [5, 5.41) is 10.2. The molecule has 0 unspecified atom stereocenters. The highest BCUT2D eigenvalue weighted by Crippen LogP contribution is 2.37. The maximum absolute atomic E-state index is 12.9. The predicted octanol–water partition coefficient (Wildman–Crippen LogP) is 4.70. The average Bonchev–Trinajstić information content (AvgIpc) is 3.37. The molecule has 1 aliphatic heterocycles. The van der Waals surface area contributed by atoms with Crippen molar-refractivity contribution in [3.8, 4) is 22.9 Å². The SMILES string of the molecule is COc1ccccc1-c1cc(C(C)C)nc(N2CCN(C(=O)c3ccoc3)[C@H](C)C2)c1C#N. The Labute approximate surface area is 194 Å². The smallest absolute Gasteiger partial charge is 0.257 e. The first-order valence-corrected chi connectivity index (χ1v) is 11.1. The normalized spacial score (nSPS) is 16.1. The van der Waals surface area contributed by atoms with Crippen molar-refractivity contribution in [3.63, 3.8) is 0 Å². The molecule has 0 N–H and O–H groups in total. The third-order valence-corrected chi connectivity index (χ3v) is 6.08. The Morgan fingerprint density at radius 3 is 2.67 bits per heavy atom. The van der Waals surface area contributed by atoms with Gasteiger partial charge < -0.3 is 19.0 Å². The second-order valence-corrected chi connectivity index (χ2v) is 8.57. The molecular formula is C26H28N4O3. The molecule has 0 saturated carbocycles. The molecule has 0 aliphatic carbocycles. The summed E-state index contributed by atoms with van der Waals surface area (Å²) in [7, 11) is 1.63. The second-order valence-electron chi connectivity index (χ2n) is 8.57. The van der Waals surface area contributed by atoms with E-state index < -0.39 is 0 Å². The zero-order chi connectivity index (χ0) is 23.5. The van der Waals surface area contributed by atoms with E-state index in [-0.39, 0.29) is 17.9 Å². The number of amides is 1. The minimum Gasteiger partial charge on any atom is -0.496 e. The molecule has 1 aromatic carbocycles. The van der Waals surface area contributed by atoms with Crippen LogP contribution in [0.3, 0.4) is 0 Å². The van der Waals surface area contributed by atoms with Crippen LogP contribution in [0.25, 0.3) is 11.1 Å². The fraction of sp³-hybridized carbons (Fsp3) is 0.346. The number of carbonyl (C=O) groups excluding carboxylic acids is 1. The van der Waals surface area contributed by atoms with Gasteiger partial charge in [0, 0.05) is 42.5 Å². The van der Waals surface area contributed by atoms with Gasteiger partial charge in [0.05, 0.1) is 18.9 Å². The van der Waals surface area contributed by atoms with E-state index in [2.05, 4.69) is 24.8 Å². The number of carbonyl (C=O) groups is 1. The molecule has 7 heteroatoms. The highest BCUT2D eigenvalue weighted by atomic mass is 16.5. The third kappa shape index (κ3) is 4.29. The van der Waals surface area contributed by atoms with Gasteiger partial charge in [-0.15, -0.1) is 0 Å². The van der Waals surface area contributed by atoms with Gasteiger partial charge >= 0.3 is 0 Å². The topological polar surface area (TPSA) is 82.6 Å². The van der Waals surface area contributed by atoms with Crippen LogP contribution < -0.4 is 9.64 Å². The van der Waals surface area contributed by atoms with Crippen LogP contribution in [0.1, 0.15) is 48.3 Å². The van der Waals surface area contributed by atoms with Crippen molar-refractivity contribution in [1.29, 1.82) is 5.26 Å². The lowest BCUT2D eigenvalue weighted by Gasteiger charge is -2.40. The van der Waals surface area contributed by atoms with E-state index in [0.717, 1.165) is 16.8 Å². The van der Waals surface area contributed by atoms with Gasteiger partial charge in [0.15, 0.2) is 0 Å². The van der Waals surface area contributed by atoms with E-state index in [4.69, 9.17) is 14.1 Å². The maximum atomic E-state index is 12.9. The molecule has 4 rings (SSSR count). The van der Waals surface area contributed by atoms with Gasteiger partial charge in [-0.3, -0.25) is 4.79 Å². The number of furan rings is 1. The molecule has 0 spiro atoms. The van der Waals surface area contributed by atoms with Crippen LogP contribution in [0.4, 0.5) is 5.82 Å². The number of hydrogen-bond acceptors (Lipinski definition) is 6. The Kier molecular flexibility index (Phi) is 6.36. The van der Waals surface area contributed by atoms with Gasteiger partial charge in [-0.2, -0.15) is 5.26 Å². The number of benzene rings is 1. The van der Waals surface area contributed by atoms with Crippen molar-refractivity contribution in [2.45, 2.75) is 32.7 Å². The monoisotopic (exact) mass is 444 g/mol. The lowest BCUT2D eigenvalue weighted by molar-refractivity contribution is 0.0673. The predicted molar refractivity (Wildman–Crippen MR) is 126 cm³/mol.